The summed E-state index contributed by atoms with van der Waals surface area (Å²) in [7, 11) is 1.43. The average molecular weight is 281 g/mol. The molecular weight excluding hydrogens is 266 g/mol. The number of nitro benzene ring substituents is 1. The molecule has 8 heteroatoms. The molecule has 1 rings (SSSR count). The number of carboxylic acids is 1. The number of likely N-dealkylation sites (N-methyl/N-ethyl adjacent to an activating group) is 1. The van der Waals surface area contributed by atoms with Crippen molar-refractivity contribution in [3.05, 3.63) is 33.9 Å². The van der Waals surface area contributed by atoms with Crippen LogP contribution in [0.1, 0.15) is 23.7 Å². The maximum Gasteiger partial charge on any atom is 0.326 e. The molecule has 1 aromatic rings. The van der Waals surface area contributed by atoms with Gasteiger partial charge in [0, 0.05) is 18.7 Å². The highest BCUT2D eigenvalue weighted by Gasteiger charge is 2.27. The lowest BCUT2D eigenvalue weighted by Gasteiger charge is -2.25. The SMILES string of the molecule is CCC(C(=O)O)N(C)c1cc(C(N)=O)ccc1[N+](=O)[O-]. The second-order valence-electron chi connectivity index (χ2n) is 4.20. The number of carbonyl (C=O) groups excluding carboxylic acids is 1. The van der Waals surface area contributed by atoms with Gasteiger partial charge in [-0.05, 0) is 18.6 Å². The first-order valence-electron chi connectivity index (χ1n) is 5.83. The standard InChI is InChI=1S/C12H15N3O5/c1-3-8(12(17)18)14(2)10-6-7(11(13)16)4-5-9(10)15(19)20/h4-6,8H,3H2,1-2H3,(H2,13,16)(H,17,18). The average Bonchev–Trinajstić information content (AvgIpc) is 2.37. The van der Waals surface area contributed by atoms with E-state index in [0.29, 0.717) is 0 Å². The Kier molecular flexibility index (Phi) is 4.63. The van der Waals surface area contributed by atoms with Gasteiger partial charge in [0.25, 0.3) is 5.69 Å². The van der Waals surface area contributed by atoms with Crippen molar-refractivity contribution < 1.29 is 19.6 Å². The van der Waals surface area contributed by atoms with Crippen molar-refractivity contribution in [3.63, 3.8) is 0 Å². The molecule has 0 aliphatic carbocycles. The van der Waals surface area contributed by atoms with Gasteiger partial charge in [0.15, 0.2) is 0 Å². The van der Waals surface area contributed by atoms with Crippen LogP contribution in [-0.2, 0) is 4.79 Å². The van der Waals surface area contributed by atoms with Gasteiger partial charge in [-0.25, -0.2) is 4.79 Å². The van der Waals surface area contributed by atoms with Crippen molar-refractivity contribution in [2.24, 2.45) is 5.73 Å². The van der Waals surface area contributed by atoms with Crippen LogP contribution in [0.3, 0.4) is 0 Å². The summed E-state index contributed by atoms with van der Waals surface area (Å²) in [5.41, 5.74) is 4.98. The molecule has 0 saturated carbocycles. The van der Waals surface area contributed by atoms with E-state index in [0.717, 1.165) is 6.07 Å². The monoisotopic (exact) mass is 281 g/mol. The molecule has 0 bridgehead atoms. The zero-order chi connectivity index (χ0) is 15.4. The Labute approximate surface area is 114 Å². The molecule has 1 atom stereocenters. The number of hydrogen-bond donors (Lipinski definition) is 2. The number of nitrogens with zero attached hydrogens (tertiary/aromatic N) is 2. The van der Waals surface area contributed by atoms with E-state index in [4.69, 9.17) is 10.8 Å². The Morgan fingerprint density at radius 2 is 2.10 bits per heavy atom. The van der Waals surface area contributed by atoms with Crippen molar-refractivity contribution in [2.75, 3.05) is 11.9 Å². The Morgan fingerprint density at radius 1 is 1.50 bits per heavy atom. The maximum atomic E-state index is 11.1. The van der Waals surface area contributed by atoms with Crippen LogP contribution in [-0.4, -0.2) is 35.0 Å². The number of hydrogen-bond acceptors (Lipinski definition) is 5. The van der Waals surface area contributed by atoms with E-state index in [2.05, 4.69) is 0 Å². The third kappa shape index (κ3) is 3.02. The fraction of sp³-hybridized carbons (Fsp3) is 0.333. The highest BCUT2D eigenvalue weighted by molar-refractivity contribution is 5.95. The summed E-state index contributed by atoms with van der Waals surface area (Å²) in [6, 6.07) is 2.67. The van der Waals surface area contributed by atoms with Crippen LogP contribution in [0.4, 0.5) is 11.4 Å². The van der Waals surface area contributed by atoms with Crippen molar-refractivity contribution >= 4 is 23.3 Å². The fourth-order valence-electron chi connectivity index (χ4n) is 1.90. The van der Waals surface area contributed by atoms with Crippen LogP contribution in [0.2, 0.25) is 0 Å². The minimum Gasteiger partial charge on any atom is -0.480 e. The third-order valence-electron chi connectivity index (χ3n) is 2.98. The first-order chi connectivity index (χ1) is 9.29. The van der Waals surface area contributed by atoms with E-state index in [1.54, 1.807) is 6.92 Å². The van der Waals surface area contributed by atoms with Crippen LogP contribution in [0.25, 0.3) is 0 Å². The summed E-state index contributed by atoms with van der Waals surface area (Å²) in [5, 5.41) is 20.1. The molecule has 1 unspecified atom stereocenters. The number of benzene rings is 1. The van der Waals surface area contributed by atoms with E-state index in [-0.39, 0.29) is 23.4 Å². The highest BCUT2D eigenvalue weighted by atomic mass is 16.6. The Morgan fingerprint density at radius 3 is 2.50 bits per heavy atom. The summed E-state index contributed by atoms with van der Waals surface area (Å²) in [6.07, 6.45) is 0.254. The van der Waals surface area contributed by atoms with Gasteiger partial charge in [-0.3, -0.25) is 14.9 Å². The van der Waals surface area contributed by atoms with E-state index in [1.807, 2.05) is 0 Å². The molecule has 20 heavy (non-hydrogen) atoms. The Balaban J connectivity index is 3.38. The van der Waals surface area contributed by atoms with Crippen molar-refractivity contribution in [1.29, 1.82) is 0 Å². The normalized spacial score (nSPS) is 11.7. The molecule has 0 aliphatic rings. The second-order valence-corrected chi connectivity index (χ2v) is 4.20. The molecule has 3 N–H and O–H groups in total. The first-order valence-corrected chi connectivity index (χ1v) is 5.83. The highest BCUT2D eigenvalue weighted by Crippen LogP contribution is 2.30. The number of nitro groups is 1. The number of rotatable bonds is 6. The van der Waals surface area contributed by atoms with Crippen LogP contribution in [0.15, 0.2) is 18.2 Å². The van der Waals surface area contributed by atoms with Crippen LogP contribution < -0.4 is 10.6 Å². The number of primary amides is 1. The minimum absolute atomic E-state index is 0.0422. The van der Waals surface area contributed by atoms with E-state index in [9.17, 15) is 19.7 Å². The molecule has 0 heterocycles. The first kappa shape index (κ1) is 15.4. The number of amides is 1. The topological polar surface area (TPSA) is 127 Å². The van der Waals surface area contributed by atoms with Crippen molar-refractivity contribution in [3.8, 4) is 0 Å². The Hall–Kier alpha value is -2.64. The molecule has 108 valence electrons. The number of anilines is 1. The summed E-state index contributed by atoms with van der Waals surface area (Å²) < 4.78 is 0. The molecule has 0 radical (unpaired) electrons. The lowest BCUT2D eigenvalue weighted by molar-refractivity contribution is -0.384. The predicted octanol–water partition coefficient (Wildman–Crippen LogP) is 0.993. The third-order valence-corrected chi connectivity index (χ3v) is 2.98. The van der Waals surface area contributed by atoms with Crippen LogP contribution in [0.5, 0.6) is 0 Å². The maximum absolute atomic E-state index is 11.1. The molecule has 0 fully saturated rings. The largest absolute Gasteiger partial charge is 0.480 e. The minimum atomic E-state index is -1.10. The number of nitrogens with two attached hydrogens (primary N) is 1. The van der Waals surface area contributed by atoms with Crippen molar-refractivity contribution in [2.45, 2.75) is 19.4 Å². The van der Waals surface area contributed by atoms with Gasteiger partial charge in [-0.1, -0.05) is 6.92 Å². The molecule has 1 amide bonds. The molecule has 1 aromatic carbocycles. The second kappa shape index (κ2) is 6.00. The van der Waals surface area contributed by atoms with Gasteiger partial charge in [0.05, 0.1) is 4.92 Å². The van der Waals surface area contributed by atoms with Crippen molar-refractivity contribution in [1.82, 2.24) is 0 Å². The predicted molar refractivity (Wildman–Crippen MR) is 71.7 cm³/mol. The van der Waals surface area contributed by atoms with Crippen LogP contribution >= 0.6 is 0 Å². The van der Waals surface area contributed by atoms with E-state index < -0.39 is 22.8 Å². The number of carboxylic acid groups (broad SMARTS) is 1. The zero-order valence-electron chi connectivity index (χ0n) is 11.1. The Bertz CT molecular complexity index is 558. The summed E-state index contributed by atoms with van der Waals surface area (Å²) in [4.78, 5) is 33.9. The molecular formula is C12H15N3O5. The lowest BCUT2D eigenvalue weighted by Crippen LogP contribution is -2.38. The smallest absolute Gasteiger partial charge is 0.326 e. The summed E-state index contributed by atoms with van der Waals surface area (Å²) >= 11 is 0. The van der Waals surface area contributed by atoms with Gasteiger partial charge in [-0.2, -0.15) is 0 Å². The van der Waals surface area contributed by atoms with Gasteiger partial charge in [0.1, 0.15) is 11.7 Å². The lowest BCUT2D eigenvalue weighted by atomic mass is 10.1. The summed E-state index contributed by atoms with van der Waals surface area (Å²) in [5.74, 6) is -1.84. The fourth-order valence-corrected chi connectivity index (χ4v) is 1.90. The molecule has 0 aromatic heterocycles. The van der Waals surface area contributed by atoms with Gasteiger partial charge in [0.2, 0.25) is 5.91 Å². The van der Waals surface area contributed by atoms with Gasteiger partial charge < -0.3 is 15.7 Å². The molecule has 0 spiro atoms. The molecule has 8 nitrogen and oxygen atoms in total. The summed E-state index contributed by atoms with van der Waals surface area (Å²) in [6.45, 7) is 1.65. The van der Waals surface area contributed by atoms with Gasteiger partial charge in [-0.15, -0.1) is 0 Å². The van der Waals surface area contributed by atoms with E-state index in [1.165, 1.54) is 24.1 Å². The van der Waals surface area contributed by atoms with Crippen LogP contribution in [0, 0.1) is 10.1 Å². The molecule has 0 aliphatic heterocycles. The van der Waals surface area contributed by atoms with E-state index >= 15 is 0 Å². The zero-order valence-corrected chi connectivity index (χ0v) is 11.1. The van der Waals surface area contributed by atoms with Gasteiger partial charge >= 0.3 is 5.97 Å². The number of aliphatic carboxylic acids is 1. The quantitative estimate of drug-likeness (QED) is 0.591. The number of carbonyl (C=O) groups is 2. The molecule has 0 saturated heterocycles.